The van der Waals surface area contributed by atoms with Gasteiger partial charge in [-0.25, -0.2) is 4.79 Å². The lowest BCUT2D eigenvalue weighted by atomic mass is 9.72. The Bertz CT molecular complexity index is 896. The van der Waals surface area contributed by atoms with Gasteiger partial charge in [0, 0.05) is 29.2 Å². The minimum absolute atomic E-state index is 0.151. The van der Waals surface area contributed by atoms with Gasteiger partial charge in [-0.05, 0) is 68.8 Å². The maximum absolute atomic E-state index is 12.1. The molecule has 1 aromatic carbocycles. The summed E-state index contributed by atoms with van der Waals surface area (Å²) in [5, 5.41) is 8.67. The predicted molar refractivity (Wildman–Crippen MR) is 110 cm³/mol. The number of aromatic nitrogens is 1. The Morgan fingerprint density at radius 1 is 1.21 bits per heavy atom. The second-order valence-corrected chi connectivity index (χ2v) is 8.49. The number of benzene rings is 1. The number of esters is 1. The van der Waals surface area contributed by atoms with E-state index in [-0.39, 0.29) is 17.6 Å². The zero-order chi connectivity index (χ0) is 19.0. The average Bonchev–Trinajstić information content (AvgIpc) is 3.29. The summed E-state index contributed by atoms with van der Waals surface area (Å²) in [6, 6.07) is 9.16. The molecular formula is C23H29N3O2. The summed E-state index contributed by atoms with van der Waals surface area (Å²) >= 11 is 0. The van der Waals surface area contributed by atoms with Crippen molar-refractivity contribution in [1.82, 2.24) is 15.6 Å². The summed E-state index contributed by atoms with van der Waals surface area (Å²) in [6.07, 6.45) is 11.3. The van der Waals surface area contributed by atoms with E-state index < -0.39 is 0 Å². The number of H-pyrrole nitrogens is 1. The van der Waals surface area contributed by atoms with Gasteiger partial charge in [-0.1, -0.05) is 24.6 Å². The average molecular weight is 380 g/mol. The molecule has 2 fully saturated rings. The van der Waals surface area contributed by atoms with Crippen LogP contribution in [0, 0.1) is 0 Å². The third kappa shape index (κ3) is 3.16. The highest BCUT2D eigenvalue weighted by molar-refractivity contribution is 5.87. The smallest absolute Gasteiger partial charge is 0.331 e. The van der Waals surface area contributed by atoms with E-state index in [9.17, 15) is 4.79 Å². The largest absolute Gasteiger partial charge is 0.450 e. The number of carbonyl (C=O) groups is 1. The van der Waals surface area contributed by atoms with Crippen LogP contribution >= 0.6 is 0 Å². The molecule has 5 nitrogen and oxygen atoms in total. The van der Waals surface area contributed by atoms with E-state index in [4.69, 9.17) is 4.74 Å². The van der Waals surface area contributed by atoms with E-state index >= 15 is 0 Å². The van der Waals surface area contributed by atoms with Crippen molar-refractivity contribution >= 4 is 16.9 Å². The number of nitrogens with one attached hydrogen (secondary N) is 3. The van der Waals surface area contributed by atoms with Crippen molar-refractivity contribution in [2.75, 3.05) is 13.1 Å². The minimum atomic E-state index is -0.382. The van der Waals surface area contributed by atoms with Crippen LogP contribution in [-0.4, -0.2) is 41.7 Å². The molecule has 2 aromatic rings. The molecular weight excluding hydrogens is 350 g/mol. The third-order valence-corrected chi connectivity index (χ3v) is 6.82. The van der Waals surface area contributed by atoms with E-state index in [1.807, 2.05) is 0 Å². The number of carbonyl (C=O) groups excluding carboxylic acids is 1. The highest BCUT2D eigenvalue weighted by Gasteiger charge is 2.51. The molecule has 1 saturated carbocycles. The molecule has 3 unspecified atom stereocenters. The lowest BCUT2D eigenvalue weighted by Crippen LogP contribution is -2.57. The molecule has 5 rings (SSSR count). The van der Waals surface area contributed by atoms with Gasteiger partial charge in [0.2, 0.25) is 0 Å². The second-order valence-electron chi connectivity index (χ2n) is 8.49. The fourth-order valence-corrected chi connectivity index (χ4v) is 5.38. The molecule has 1 aromatic heterocycles. The molecule has 5 heteroatoms. The second kappa shape index (κ2) is 7.37. The Balaban J connectivity index is 1.22. The zero-order valence-electron chi connectivity index (χ0n) is 16.3. The third-order valence-electron chi connectivity index (χ3n) is 6.82. The van der Waals surface area contributed by atoms with Gasteiger partial charge in [-0.3, -0.25) is 0 Å². The van der Waals surface area contributed by atoms with Crippen LogP contribution < -0.4 is 10.6 Å². The molecule has 0 amide bonds. The van der Waals surface area contributed by atoms with Crippen molar-refractivity contribution in [2.24, 2.45) is 0 Å². The van der Waals surface area contributed by atoms with Gasteiger partial charge in [-0.15, -0.1) is 0 Å². The van der Waals surface area contributed by atoms with Gasteiger partial charge >= 0.3 is 5.97 Å². The molecule has 0 radical (unpaired) electrons. The van der Waals surface area contributed by atoms with Crippen molar-refractivity contribution in [3.63, 3.8) is 0 Å². The molecule has 1 saturated heterocycles. The quantitative estimate of drug-likeness (QED) is 0.698. The van der Waals surface area contributed by atoms with E-state index in [0.29, 0.717) is 6.04 Å². The molecule has 3 heterocycles. The van der Waals surface area contributed by atoms with Gasteiger partial charge in [0.25, 0.3) is 0 Å². The first-order valence-corrected chi connectivity index (χ1v) is 10.7. The molecule has 0 bridgehead atoms. The van der Waals surface area contributed by atoms with Crippen LogP contribution in [-0.2, 0) is 16.0 Å². The van der Waals surface area contributed by atoms with Crippen LogP contribution in [0.5, 0.6) is 0 Å². The topological polar surface area (TPSA) is 66.2 Å². The molecule has 3 aliphatic rings. The van der Waals surface area contributed by atoms with E-state index in [2.05, 4.69) is 46.1 Å². The molecule has 3 atom stereocenters. The molecule has 0 spiro atoms. The summed E-state index contributed by atoms with van der Waals surface area (Å²) in [7, 11) is 0. The molecule has 2 aliphatic heterocycles. The Hall–Kier alpha value is -2.11. The van der Waals surface area contributed by atoms with Crippen molar-refractivity contribution in [3.05, 3.63) is 47.7 Å². The standard InChI is InChI=1S/C23H29N3O2/c27-22-14-17-13-18(8-10-23(17,28-22)21-7-3-4-11-25-21)24-12-9-16-15-26-20-6-2-1-5-19(16)20/h1-2,5-6,14-15,18,21,24-26H,3-4,7-13H2. The highest BCUT2D eigenvalue weighted by Crippen LogP contribution is 2.44. The maximum atomic E-state index is 12.1. The van der Waals surface area contributed by atoms with Crippen LogP contribution in [0.2, 0.25) is 0 Å². The van der Waals surface area contributed by atoms with Crippen molar-refractivity contribution < 1.29 is 9.53 Å². The van der Waals surface area contributed by atoms with E-state index in [0.717, 1.165) is 45.2 Å². The molecule has 28 heavy (non-hydrogen) atoms. The van der Waals surface area contributed by atoms with E-state index in [1.54, 1.807) is 6.08 Å². The first-order valence-electron chi connectivity index (χ1n) is 10.7. The molecule has 148 valence electrons. The van der Waals surface area contributed by atoms with Crippen molar-refractivity contribution in [3.8, 4) is 0 Å². The Morgan fingerprint density at radius 2 is 2.14 bits per heavy atom. The fraction of sp³-hybridized carbons (Fsp3) is 0.522. The number of ether oxygens (including phenoxy) is 1. The summed E-state index contributed by atoms with van der Waals surface area (Å²) in [5.74, 6) is -0.151. The summed E-state index contributed by atoms with van der Waals surface area (Å²) < 4.78 is 5.93. The number of hydrogen-bond acceptors (Lipinski definition) is 4. The summed E-state index contributed by atoms with van der Waals surface area (Å²) in [6.45, 7) is 1.98. The van der Waals surface area contributed by atoms with Crippen LogP contribution in [0.3, 0.4) is 0 Å². The molecule has 3 N–H and O–H groups in total. The van der Waals surface area contributed by atoms with Gasteiger partial charge in [0.1, 0.15) is 5.60 Å². The fourth-order valence-electron chi connectivity index (χ4n) is 5.38. The first kappa shape index (κ1) is 18.0. The lowest BCUT2D eigenvalue weighted by Gasteiger charge is -2.45. The summed E-state index contributed by atoms with van der Waals surface area (Å²) in [4.78, 5) is 15.5. The number of para-hydroxylation sites is 1. The highest BCUT2D eigenvalue weighted by atomic mass is 16.6. The number of rotatable bonds is 5. The maximum Gasteiger partial charge on any atom is 0.331 e. The zero-order valence-corrected chi connectivity index (χ0v) is 16.3. The first-order chi connectivity index (χ1) is 13.7. The van der Waals surface area contributed by atoms with Crippen LogP contribution in [0.4, 0.5) is 0 Å². The predicted octanol–water partition coefficient (Wildman–Crippen LogP) is 3.22. The van der Waals surface area contributed by atoms with Crippen molar-refractivity contribution in [2.45, 2.75) is 62.6 Å². The number of hydrogen-bond donors (Lipinski definition) is 3. The Labute approximate surface area is 165 Å². The number of aromatic amines is 1. The van der Waals surface area contributed by atoms with E-state index in [1.165, 1.54) is 34.9 Å². The SMILES string of the molecule is O=C1C=C2CC(NCCc3c[nH]c4ccccc34)CCC2(C2CCCCN2)O1. The Kier molecular flexibility index (Phi) is 4.73. The summed E-state index contributed by atoms with van der Waals surface area (Å²) in [5.41, 5.74) is 3.38. The van der Waals surface area contributed by atoms with Crippen LogP contribution in [0.15, 0.2) is 42.1 Å². The van der Waals surface area contributed by atoms with Gasteiger partial charge < -0.3 is 20.4 Å². The Morgan fingerprint density at radius 3 is 3.04 bits per heavy atom. The van der Waals surface area contributed by atoms with Crippen LogP contribution in [0.1, 0.15) is 44.1 Å². The number of fused-ring (bicyclic) bond motifs is 2. The van der Waals surface area contributed by atoms with Gasteiger partial charge in [0.15, 0.2) is 0 Å². The monoisotopic (exact) mass is 379 g/mol. The molecule has 1 aliphatic carbocycles. The van der Waals surface area contributed by atoms with Gasteiger partial charge in [0.05, 0.1) is 6.04 Å². The number of piperidine rings is 1. The van der Waals surface area contributed by atoms with Gasteiger partial charge in [-0.2, -0.15) is 0 Å². The van der Waals surface area contributed by atoms with Crippen molar-refractivity contribution in [1.29, 1.82) is 0 Å². The lowest BCUT2D eigenvalue weighted by molar-refractivity contribution is -0.151. The normalized spacial score (nSPS) is 30.1. The minimum Gasteiger partial charge on any atom is -0.450 e. The van der Waals surface area contributed by atoms with Crippen LogP contribution in [0.25, 0.3) is 10.9 Å².